The Balaban J connectivity index is 2.54. The van der Waals surface area contributed by atoms with Crippen LogP contribution >= 0.6 is 0 Å². The highest BCUT2D eigenvalue weighted by Gasteiger charge is 2.08. The minimum atomic E-state index is -0.211. The van der Waals surface area contributed by atoms with Crippen molar-refractivity contribution in [3.05, 3.63) is 18.3 Å². The van der Waals surface area contributed by atoms with Crippen molar-refractivity contribution in [2.45, 2.75) is 32.6 Å². The van der Waals surface area contributed by atoms with Crippen LogP contribution in [0.25, 0.3) is 0 Å². The molecule has 0 aromatic carbocycles. The standard InChI is InChI=1S/C14H17N3O2/c1-3-4-5-6-9-13(19)17-14-12(16-11(2)18)8-7-10-15-14/h1,7-8,10H,4-6,9H2,2H3,(H,16,18)(H,15,17,19). The van der Waals surface area contributed by atoms with Gasteiger partial charge in [0.15, 0.2) is 5.82 Å². The van der Waals surface area contributed by atoms with Crippen LogP contribution in [0.15, 0.2) is 18.3 Å². The van der Waals surface area contributed by atoms with Crippen LogP contribution in [0.3, 0.4) is 0 Å². The molecule has 0 radical (unpaired) electrons. The zero-order valence-corrected chi connectivity index (χ0v) is 10.9. The quantitative estimate of drug-likeness (QED) is 0.607. The Morgan fingerprint density at radius 1 is 1.37 bits per heavy atom. The average molecular weight is 259 g/mol. The molecule has 0 aliphatic rings. The van der Waals surface area contributed by atoms with E-state index in [0.29, 0.717) is 24.3 Å². The van der Waals surface area contributed by atoms with E-state index in [1.165, 1.54) is 6.92 Å². The third-order valence-corrected chi connectivity index (χ3v) is 2.35. The lowest BCUT2D eigenvalue weighted by molar-refractivity contribution is -0.116. The summed E-state index contributed by atoms with van der Waals surface area (Å²) in [4.78, 5) is 26.8. The molecule has 2 amide bonds. The van der Waals surface area contributed by atoms with Crippen LogP contribution in [0.1, 0.15) is 32.6 Å². The molecule has 19 heavy (non-hydrogen) atoms. The SMILES string of the molecule is C#CCCCCC(=O)Nc1ncccc1NC(C)=O. The highest BCUT2D eigenvalue weighted by Crippen LogP contribution is 2.18. The first-order chi connectivity index (χ1) is 9.13. The average Bonchev–Trinajstić information content (AvgIpc) is 2.36. The van der Waals surface area contributed by atoms with E-state index in [4.69, 9.17) is 6.42 Å². The fourth-order valence-electron chi connectivity index (χ4n) is 1.50. The van der Waals surface area contributed by atoms with Gasteiger partial charge in [-0.15, -0.1) is 12.3 Å². The van der Waals surface area contributed by atoms with E-state index in [-0.39, 0.29) is 11.8 Å². The minimum Gasteiger partial charge on any atom is -0.323 e. The molecule has 5 heteroatoms. The van der Waals surface area contributed by atoms with Crippen molar-refractivity contribution in [3.63, 3.8) is 0 Å². The molecule has 0 bridgehead atoms. The Morgan fingerprint density at radius 2 is 2.16 bits per heavy atom. The van der Waals surface area contributed by atoms with E-state index >= 15 is 0 Å². The highest BCUT2D eigenvalue weighted by atomic mass is 16.2. The van der Waals surface area contributed by atoms with E-state index in [0.717, 1.165) is 12.8 Å². The maximum absolute atomic E-state index is 11.7. The molecule has 2 N–H and O–H groups in total. The smallest absolute Gasteiger partial charge is 0.225 e. The summed E-state index contributed by atoms with van der Waals surface area (Å²) in [5, 5.41) is 5.29. The van der Waals surface area contributed by atoms with Crippen LogP contribution in [0, 0.1) is 12.3 Å². The van der Waals surface area contributed by atoms with E-state index < -0.39 is 0 Å². The zero-order chi connectivity index (χ0) is 14.1. The first kappa shape index (κ1) is 14.7. The largest absolute Gasteiger partial charge is 0.323 e. The molecule has 1 aromatic rings. The maximum Gasteiger partial charge on any atom is 0.225 e. The number of amides is 2. The summed E-state index contributed by atoms with van der Waals surface area (Å²) >= 11 is 0. The van der Waals surface area contributed by atoms with Crippen molar-refractivity contribution in [2.75, 3.05) is 10.6 Å². The molecule has 0 aliphatic carbocycles. The second-order valence-corrected chi connectivity index (χ2v) is 4.04. The topological polar surface area (TPSA) is 71.1 Å². The summed E-state index contributed by atoms with van der Waals surface area (Å²) in [6, 6.07) is 3.37. The Labute approximate surface area is 112 Å². The summed E-state index contributed by atoms with van der Waals surface area (Å²) in [6.07, 6.45) is 9.31. The van der Waals surface area contributed by atoms with Crippen LogP contribution in [0.2, 0.25) is 0 Å². The van der Waals surface area contributed by atoms with Crippen LogP contribution in [0.4, 0.5) is 11.5 Å². The first-order valence-corrected chi connectivity index (χ1v) is 6.09. The van der Waals surface area contributed by atoms with E-state index in [1.54, 1.807) is 18.3 Å². The highest BCUT2D eigenvalue weighted by molar-refractivity contribution is 5.97. The van der Waals surface area contributed by atoms with Gasteiger partial charge in [-0.25, -0.2) is 4.98 Å². The van der Waals surface area contributed by atoms with Crippen molar-refractivity contribution in [2.24, 2.45) is 0 Å². The lowest BCUT2D eigenvalue weighted by Crippen LogP contribution is -2.15. The van der Waals surface area contributed by atoms with E-state index in [2.05, 4.69) is 21.5 Å². The van der Waals surface area contributed by atoms with Crippen LogP contribution in [0.5, 0.6) is 0 Å². The maximum atomic E-state index is 11.7. The predicted molar refractivity (Wildman–Crippen MR) is 74.5 cm³/mol. The van der Waals surface area contributed by atoms with Gasteiger partial charge in [0.2, 0.25) is 11.8 Å². The van der Waals surface area contributed by atoms with Crippen molar-refractivity contribution in [1.82, 2.24) is 4.98 Å². The fraction of sp³-hybridized carbons (Fsp3) is 0.357. The fourth-order valence-corrected chi connectivity index (χ4v) is 1.50. The molecule has 0 spiro atoms. The summed E-state index contributed by atoms with van der Waals surface area (Å²) in [7, 11) is 0. The molecule has 1 rings (SSSR count). The lowest BCUT2D eigenvalue weighted by atomic mass is 10.2. The third-order valence-electron chi connectivity index (χ3n) is 2.35. The minimum absolute atomic E-state index is 0.137. The van der Waals surface area contributed by atoms with Gasteiger partial charge in [0.1, 0.15) is 0 Å². The van der Waals surface area contributed by atoms with Gasteiger partial charge in [-0.3, -0.25) is 9.59 Å². The zero-order valence-electron chi connectivity index (χ0n) is 10.9. The Morgan fingerprint density at radius 3 is 2.84 bits per heavy atom. The summed E-state index contributed by atoms with van der Waals surface area (Å²) in [6.45, 7) is 1.40. The van der Waals surface area contributed by atoms with Gasteiger partial charge in [0.05, 0.1) is 5.69 Å². The molecule has 0 unspecified atom stereocenters. The Bertz CT molecular complexity index is 492. The number of terminal acetylenes is 1. The number of anilines is 2. The number of nitrogens with one attached hydrogen (secondary N) is 2. The molecular formula is C14H17N3O2. The lowest BCUT2D eigenvalue weighted by Gasteiger charge is -2.09. The Kier molecular flexibility index (Phi) is 6.10. The summed E-state index contributed by atoms with van der Waals surface area (Å²) in [5.41, 5.74) is 0.493. The normalized spacial score (nSPS) is 9.47. The number of rotatable bonds is 6. The molecule has 0 saturated heterocycles. The van der Waals surface area contributed by atoms with Gasteiger partial charge in [-0.05, 0) is 25.0 Å². The van der Waals surface area contributed by atoms with Gasteiger partial charge >= 0.3 is 0 Å². The molecule has 0 atom stereocenters. The van der Waals surface area contributed by atoms with Gasteiger partial charge in [-0.1, -0.05) is 0 Å². The van der Waals surface area contributed by atoms with Crippen LogP contribution in [-0.2, 0) is 9.59 Å². The number of nitrogens with zero attached hydrogens (tertiary/aromatic N) is 1. The monoisotopic (exact) mass is 259 g/mol. The van der Waals surface area contributed by atoms with Crippen LogP contribution in [-0.4, -0.2) is 16.8 Å². The van der Waals surface area contributed by atoms with Gasteiger partial charge in [0, 0.05) is 26.0 Å². The summed E-state index contributed by atoms with van der Waals surface area (Å²) in [5.74, 6) is 2.54. The van der Waals surface area contributed by atoms with Crippen molar-refractivity contribution in [3.8, 4) is 12.3 Å². The van der Waals surface area contributed by atoms with Gasteiger partial charge in [-0.2, -0.15) is 0 Å². The summed E-state index contributed by atoms with van der Waals surface area (Å²) < 4.78 is 0. The number of unbranched alkanes of at least 4 members (excludes halogenated alkanes) is 2. The van der Waals surface area contributed by atoms with Gasteiger partial charge < -0.3 is 10.6 Å². The number of hydrogen-bond donors (Lipinski definition) is 2. The second-order valence-electron chi connectivity index (χ2n) is 4.04. The number of pyridine rings is 1. The molecule has 0 saturated carbocycles. The second kappa shape index (κ2) is 7.88. The first-order valence-electron chi connectivity index (χ1n) is 6.09. The molecule has 1 heterocycles. The number of carbonyl (C=O) groups is 2. The predicted octanol–water partition coefficient (Wildman–Crippen LogP) is 2.17. The molecule has 100 valence electrons. The molecule has 0 aliphatic heterocycles. The molecule has 5 nitrogen and oxygen atoms in total. The van der Waals surface area contributed by atoms with E-state index in [1.807, 2.05) is 0 Å². The van der Waals surface area contributed by atoms with Gasteiger partial charge in [0.25, 0.3) is 0 Å². The van der Waals surface area contributed by atoms with E-state index in [9.17, 15) is 9.59 Å². The number of hydrogen-bond acceptors (Lipinski definition) is 3. The van der Waals surface area contributed by atoms with Crippen molar-refractivity contribution >= 4 is 23.3 Å². The van der Waals surface area contributed by atoms with Crippen molar-refractivity contribution < 1.29 is 9.59 Å². The molecule has 0 fully saturated rings. The number of aromatic nitrogens is 1. The van der Waals surface area contributed by atoms with Crippen molar-refractivity contribution in [1.29, 1.82) is 0 Å². The Hall–Kier alpha value is -2.35. The molecule has 1 aromatic heterocycles. The number of carbonyl (C=O) groups excluding carboxylic acids is 2. The van der Waals surface area contributed by atoms with Crippen LogP contribution < -0.4 is 10.6 Å². The third kappa shape index (κ3) is 5.68. The molecular weight excluding hydrogens is 242 g/mol.